The molecule has 1 atom stereocenters. The van der Waals surface area contributed by atoms with E-state index in [-0.39, 0.29) is 11.8 Å². The van der Waals surface area contributed by atoms with Gasteiger partial charge in [-0.3, -0.25) is 9.89 Å². The molecular formula is C20H23N5O. The maximum atomic E-state index is 12.6. The molecule has 0 spiro atoms. The Bertz CT molecular complexity index is 866. The number of benzene rings is 1. The smallest absolute Gasteiger partial charge is 0.242 e. The molecule has 1 aliphatic heterocycles. The topological polar surface area (TPSA) is 66.8 Å². The third-order valence-electron chi connectivity index (χ3n) is 5.09. The van der Waals surface area contributed by atoms with Gasteiger partial charge in [0.1, 0.15) is 6.54 Å². The molecule has 3 aromatic rings. The van der Waals surface area contributed by atoms with E-state index in [1.165, 1.54) is 11.1 Å². The number of aryl methyl sites for hydroxylation is 1. The summed E-state index contributed by atoms with van der Waals surface area (Å²) in [4.78, 5) is 18.6. The molecule has 4 rings (SSSR count). The first-order chi connectivity index (χ1) is 12.7. The third-order valence-corrected chi connectivity index (χ3v) is 5.09. The fourth-order valence-corrected chi connectivity index (χ4v) is 3.65. The van der Waals surface area contributed by atoms with E-state index in [0.717, 1.165) is 37.2 Å². The van der Waals surface area contributed by atoms with Crippen molar-refractivity contribution < 1.29 is 4.79 Å². The molecule has 1 saturated heterocycles. The Kier molecular flexibility index (Phi) is 4.56. The van der Waals surface area contributed by atoms with Crippen molar-refractivity contribution in [1.82, 2.24) is 24.6 Å². The quantitative estimate of drug-likeness (QED) is 0.787. The molecule has 0 radical (unpaired) electrons. The summed E-state index contributed by atoms with van der Waals surface area (Å²) >= 11 is 0. The lowest BCUT2D eigenvalue weighted by atomic mass is 9.90. The number of amides is 1. The predicted octanol–water partition coefficient (Wildman–Crippen LogP) is 2.99. The molecule has 6 heteroatoms. The van der Waals surface area contributed by atoms with Crippen molar-refractivity contribution in [3.05, 3.63) is 60.4 Å². The van der Waals surface area contributed by atoms with E-state index in [1.807, 2.05) is 21.9 Å². The number of imidazole rings is 1. The molecule has 134 valence electrons. The Labute approximate surface area is 152 Å². The molecule has 1 amide bonds. The Balaban J connectivity index is 1.51. The molecule has 1 fully saturated rings. The number of carbonyl (C=O) groups excluding carboxylic acids is 1. The van der Waals surface area contributed by atoms with Crippen molar-refractivity contribution in [2.24, 2.45) is 0 Å². The van der Waals surface area contributed by atoms with Crippen LogP contribution in [0, 0.1) is 6.92 Å². The van der Waals surface area contributed by atoms with Gasteiger partial charge < -0.3 is 9.47 Å². The molecule has 1 aromatic carbocycles. The highest BCUT2D eigenvalue weighted by molar-refractivity contribution is 5.76. The fourth-order valence-electron chi connectivity index (χ4n) is 3.65. The van der Waals surface area contributed by atoms with Crippen LogP contribution in [0.3, 0.4) is 0 Å². The number of H-pyrrole nitrogens is 1. The number of aromatic nitrogens is 4. The number of rotatable bonds is 4. The third kappa shape index (κ3) is 3.40. The summed E-state index contributed by atoms with van der Waals surface area (Å²) in [5.41, 5.74) is 4.68. The number of carbonyl (C=O) groups is 1. The molecule has 26 heavy (non-hydrogen) atoms. The SMILES string of the molecule is Cc1ccc(-c2cn[nH]c2C2CCCN(C(=O)Cn3ccnc3)C2)cc1. The van der Waals surface area contributed by atoms with Gasteiger partial charge in [-0.1, -0.05) is 29.8 Å². The number of hydrogen-bond acceptors (Lipinski definition) is 3. The van der Waals surface area contributed by atoms with Crippen molar-refractivity contribution in [2.75, 3.05) is 13.1 Å². The highest BCUT2D eigenvalue weighted by Crippen LogP contribution is 2.33. The van der Waals surface area contributed by atoms with Crippen LogP contribution in [0.25, 0.3) is 11.1 Å². The zero-order valence-electron chi connectivity index (χ0n) is 14.9. The van der Waals surface area contributed by atoms with Gasteiger partial charge >= 0.3 is 0 Å². The largest absolute Gasteiger partial charge is 0.340 e. The highest BCUT2D eigenvalue weighted by atomic mass is 16.2. The molecule has 2 aromatic heterocycles. The minimum atomic E-state index is 0.143. The van der Waals surface area contributed by atoms with E-state index in [0.29, 0.717) is 6.54 Å². The van der Waals surface area contributed by atoms with Gasteiger partial charge in [-0.05, 0) is 25.3 Å². The standard InChI is InChI=1S/C20H23N5O/c1-15-4-6-16(7-5-15)18-11-22-23-20(18)17-3-2-9-25(12-17)19(26)13-24-10-8-21-14-24/h4-8,10-11,14,17H,2-3,9,12-13H2,1H3,(H,22,23). The number of aromatic amines is 1. The van der Waals surface area contributed by atoms with Crippen molar-refractivity contribution in [3.8, 4) is 11.1 Å². The van der Waals surface area contributed by atoms with Gasteiger partial charge in [0.05, 0.1) is 12.5 Å². The lowest BCUT2D eigenvalue weighted by molar-refractivity contribution is -0.133. The van der Waals surface area contributed by atoms with Gasteiger partial charge in [0.25, 0.3) is 0 Å². The molecule has 6 nitrogen and oxygen atoms in total. The molecule has 0 saturated carbocycles. The first-order valence-corrected chi connectivity index (χ1v) is 9.04. The molecule has 0 aliphatic carbocycles. The second-order valence-corrected chi connectivity index (χ2v) is 6.98. The molecule has 1 unspecified atom stereocenters. The average Bonchev–Trinajstić information content (AvgIpc) is 3.34. The summed E-state index contributed by atoms with van der Waals surface area (Å²) < 4.78 is 1.82. The van der Waals surface area contributed by atoms with Gasteiger partial charge in [0, 0.05) is 42.7 Å². The number of piperidine rings is 1. The van der Waals surface area contributed by atoms with Crippen molar-refractivity contribution >= 4 is 5.91 Å². The Hall–Kier alpha value is -2.89. The summed E-state index contributed by atoms with van der Waals surface area (Å²) in [6.45, 7) is 3.98. The zero-order valence-corrected chi connectivity index (χ0v) is 14.9. The van der Waals surface area contributed by atoms with Crippen molar-refractivity contribution in [3.63, 3.8) is 0 Å². The summed E-state index contributed by atoms with van der Waals surface area (Å²) in [5, 5.41) is 7.48. The number of likely N-dealkylation sites (tertiary alicyclic amines) is 1. The lowest BCUT2D eigenvalue weighted by Crippen LogP contribution is -2.40. The van der Waals surface area contributed by atoms with Crippen LogP contribution in [0.1, 0.15) is 30.0 Å². The Morgan fingerprint density at radius 1 is 1.31 bits per heavy atom. The number of nitrogens with zero attached hydrogens (tertiary/aromatic N) is 4. The van der Waals surface area contributed by atoms with Gasteiger partial charge in [-0.2, -0.15) is 5.10 Å². The average molecular weight is 349 g/mol. The van der Waals surface area contributed by atoms with Crippen molar-refractivity contribution in [1.29, 1.82) is 0 Å². The summed E-state index contributed by atoms with van der Waals surface area (Å²) in [6, 6.07) is 8.50. The van der Waals surface area contributed by atoms with Crippen LogP contribution in [0.4, 0.5) is 0 Å². The maximum Gasteiger partial charge on any atom is 0.242 e. The first kappa shape index (κ1) is 16.6. The number of nitrogens with one attached hydrogen (secondary N) is 1. The van der Waals surface area contributed by atoms with Crippen LogP contribution in [0.15, 0.2) is 49.2 Å². The van der Waals surface area contributed by atoms with Gasteiger partial charge in [0.15, 0.2) is 0 Å². The molecular weight excluding hydrogens is 326 g/mol. The van der Waals surface area contributed by atoms with E-state index in [1.54, 1.807) is 12.5 Å². The van der Waals surface area contributed by atoms with E-state index < -0.39 is 0 Å². The van der Waals surface area contributed by atoms with Gasteiger partial charge in [-0.25, -0.2) is 4.98 Å². The van der Waals surface area contributed by atoms with Crippen LogP contribution in [0.5, 0.6) is 0 Å². The normalized spacial score (nSPS) is 17.4. The maximum absolute atomic E-state index is 12.6. The van der Waals surface area contributed by atoms with Gasteiger partial charge in [0.2, 0.25) is 5.91 Å². The van der Waals surface area contributed by atoms with E-state index in [4.69, 9.17) is 0 Å². The zero-order chi connectivity index (χ0) is 17.9. The van der Waals surface area contributed by atoms with Crippen LogP contribution in [-0.4, -0.2) is 43.6 Å². The van der Waals surface area contributed by atoms with Crippen LogP contribution < -0.4 is 0 Å². The first-order valence-electron chi connectivity index (χ1n) is 9.04. The minimum Gasteiger partial charge on any atom is -0.340 e. The second kappa shape index (κ2) is 7.15. The molecule has 0 bridgehead atoms. The van der Waals surface area contributed by atoms with Crippen LogP contribution in [-0.2, 0) is 11.3 Å². The Morgan fingerprint density at radius 2 is 2.15 bits per heavy atom. The predicted molar refractivity (Wildman–Crippen MR) is 99.5 cm³/mol. The van der Waals surface area contributed by atoms with E-state index in [9.17, 15) is 4.79 Å². The second-order valence-electron chi connectivity index (χ2n) is 6.98. The fraction of sp³-hybridized carbons (Fsp3) is 0.350. The molecule has 3 heterocycles. The molecule has 1 aliphatic rings. The van der Waals surface area contributed by atoms with Crippen LogP contribution >= 0.6 is 0 Å². The summed E-state index contributed by atoms with van der Waals surface area (Å²) in [7, 11) is 0. The Morgan fingerprint density at radius 3 is 2.92 bits per heavy atom. The van der Waals surface area contributed by atoms with E-state index >= 15 is 0 Å². The van der Waals surface area contributed by atoms with E-state index in [2.05, 4.69) is 46.4 Å². The highest BCUT2D eigenvalue weighted by Gasteiger charge is 2.27. The molecule has 1 N–H and O–H groups in total. The summed E-state index contributed by atoms with van der Waals surface area (Å²) in [6.07, 6.45) is 9.17. The lowest BCUT2D eigenvalue weighted by Gasteiger charge is -2.33. The number of hydrogen-bond donors (Lipinski definition) is 1. The minimum absolute atomic E-state index is 0.143. The van der Waals surface area contributed by atoms with Crippen molar-refractivity contribution in [2.45, 2.75) is 32.2 Å². The van der Waals surface area contributed by atoms with Crippen LogP contribution in [0.2, 0.25) is 0 Å². The monoisotopic (exact) mass is 349 g/mol. The van der Waals surface area contributed by atoms with Gasteiger partial charge in [-0.15, -0.1) is 0 Å². The summed E-state index contributed by atoms with van der Waals surface area (Å²) in [5.74, 6) is 0.429.